The van der Waals surface area contributed by atoms with Gasteiger partial charge in [-0.25, -0.2) is 0 Å². The second-order valence-corrected chi connectivity index (χ2v) is 8.37. The molecule has 1 aliphatic rings. The molecule has 3 rings (SSSR count). The van der Waals surface area contributed by atoms with Crippen molar-refractivity contribution < 1.29 is 14.0 Å². The van der Waals surface area contributed by atoms with Crippen LogP contribution in [0.3, 0.4) is 0 Å². The zero-order valence-corrected chi connectivity index (χ0v) is 17.8. The molecule has 8 heteroatoms. The summed E-state index contributed by atoms with van der Waals surface area (Å²) >= 11 is 1.39. The first-order valence-electron chi connectivity index (χ1n) is 10.1. The van der Waals surface area contributed by atoms with Crippen molar-refractivity contribution in [1.82, 2.24) is 20.8 Å². The van der Waals surface area contributed by atoms with Crippen LogP contribution in [0.5, 0.6) is 0 Å². The molecule has 0 radical (unpaired) electrons. The molecule has 2 N–H and O–H groups in total. The molecule has 7 nitrogen and oxygen atoms in total. The molecule has 1 aromatic carbocycles. The molecule has 0 spiro atoms. The fraction of sp³-hybridized carbons (Fsp3) is 0.524. The third-order valence-corrected chi connectivity index (χ3v) is 6.04. The summed E-state index contributed by atoms with van der Waals surface area (Å²) in [5.74, 6) is 0.185. The minimum absolute atomic E-state index is 0.0431. The van der Waals surface area contributed by atoms with Gasteiger partial charge in [-0.05, 0) is 37.9 Å². The lowest BCUT2D eigenvalue weighted by Crippen LogP contribution is -2.39. The first-order chi connectivity index (χ1) is 14.1. The Kier molecular flexibility index (Phi) is 7.83. The number of hydrogen-bond acceptors (Lipinski definition) is 7. The Morgan fingerprint density at radius 1 is 1.21 bits per heavy atom. The summed E-state index contributed by atoms with van der Waals surface area (Å²) in [6.45, 7) is 2.72. The maximum atomic E-state index is 13.2. The number of amides is 1. The van der Waals surface area contributed by atoms with Crippen LogP contribution in [-0.4, -0.2) is 41.2 Å². The number of carbonyl (C=O) groups excluding carboxylic acids is 2. The van der Waals surface area contributed by atoms with E-state index in [1.54, 1.807) is 0 Å². The Hall–Kier alpha value is -2.19. The summed E-state index contributed by atoms with van der Waals surface area (Å²) in [5.41, 5.74) is 1.68. The smallest absolute Gasteiger partial charge is 0.287 e. The van der Waals surface area contributed by atoms with Gasteiger partial charge in [-0.2, -0.15) is 0 Å². The topological polar surface area (TPSA) is 97.1 Å². The molecule has 1 fully saturated rings. The van der Waals surface area contributed by atoms with Gasteiger partial charge in [0.2, 0.25) is 11.7 Å². The number of aryl methyl sites for hydroxylation is 1. The van der Waals surface area contributed by atoms with Crippen molar-refractivity contribution in [1.29, 1.82) is 0 Å². The maximum Gasteiger partial charge on any atom is 0.287 e. The summed E-state index contributed by atoms with van der Waals surface area (Å²) in [6.07, 6.45) is 5.01. The number of carbonyl (C=O) groups is 2. The van der Waals surface area contributed by atoms with Crippen LogP contribution in [0.1, 0.15) is 60.0 Å². The molecule has 1 aromatic heterocycles. The lowest BCUT2D eigenvalue weighted by atomic mass is 9.88. The fourth-order valence-corrected chi connectivity index (χ4v) is 4.27. The van der Waals surface area contributed by atoms with Crippen LogP contribution in [0, 0.1) is 12.8 Å². The summed E-state index contributed by atoms with van der Waals surface area (Å²) < 4.78 is 5.57. The molecule has 1 atom stereocenters. The van der Waals surface area contributed by atoms with E-state index < -0.39 is 6.04 Å². The van der Waals surface area contributed by atoms with E-state index in [2.05, 4.69) is 20.8 Å². The highest BCUT2D eigenvalue weighted by Crippen LogP contribution is 2.27. The molecule has 0 bridgehead atoms. The maximum absolute atomic E-state index is 13.2. The highest BCUT2D eigenvalue weighted by Gasteiger charge is 2.32. The predicted octanol–water partition coefficient (Wildman–Crippen LogP) is 3.31. The molecule has 0 aliphatic heterocycles. The highest BCUT2D eigenvalue weighted by molar-refractivity contribution is 7.99. The zero-order valence-electron chi connectivity index (χ0n) is 16.9. The molecule has 0 saturated heterocycles. The van der Waals surface area contributed by atoms with Gasteiger partial charge < -0.3 is 15.1 Å². The quantitative estimate of drug-likeness (QED) is 0.368. The SMILES string of the molecule is CNCCSc1nnc(C(=O)C(NC(=O)C2CCCCC2)c2ccccc2C)o1. The van der Waals surface area contributed by atoms with Crippen LogP contribution < -0.4 is 10.6 Å². The molecule has 1 aliphatic carbocycles. The second kappa shape index (κ2) is 10.5. The van der Waals surface area contributed by atoms with Crippen molar-refractivity contribution in [2.75, 3.05) is 19.3 Å². The molecule has 1 saturated carbocycles. The van der Waals surface area contributed by atoms with Crippen molar-refractivity contribution in [3.05, 3.63) is 41.3 Å². The van der Waals surface area contributed by atoms with Gasteiger partial charge in [-0.15, -0.1) is 10.2 Å². The molecule has 1 heterocycles. The van der Waals surface area contributed by atoms with E-state index >= 15 is 0 Å². The number of hydrogen-bond donors (Lipinski definition) is 2. The van der Waals surface area contributed by atoms with Gasteiger partial charge in [0, 0.05) is 18.2 Å². The van der Waals surface area contributed by atoms with Gasteiger partial charge >= 0.3 is 0 Å². The largest absolute Gasteiger partial charge is 0.408 e. The zero-order chi connectivity index (χ0) is 20.6. The van der Waals surface area contributed by atoms with E-state index in [9.17, 15) is 9.59 Å². The summed E-state index contributed by atoms with van der Waals surface area (Å²) in [4.78, 5) is 26.1. The second-order valence-electron chi connectivity index (χ2n) is 7.32. The Morgan fingerprint density at radius 2 is 1.97 bits per heavy atom. The minimum atomic E-state index is -0.832. The van der Waals surface area contributed by atoms with E-state index in [0.717, 1.165) is 49.1 Å². The first kappa shape index (κ1) is 21.5. The van der Waals surface area contributed by atoms with Crippen LogP contribution in [-0.2, 0) is 4.79 Å². The Balaban J connectivity index is 1.80. The number of thioether (sulfide) groups is 1. The van der Waals surface area contributed by atoms with E-state index in [1.165, 1.54) is 18.2 Å². The summed E-state index contributed by atoms with van der Waals surface area (Å²) in [7, 11) is 1.87. The number of nitrogens with zero attached hydrogens (tertiary/aromatic N) is 2. The number of benzene rings is 1. The number of aromatic nitrogens is 2. The molecular weight excluding hydrogens is 388 g/mol. The van der Waals surface area contributed by atoms with Crippen LogP contribution in [0.4, 0.5) is 0 Å². The number of Topliss-reactive ketones (excluding diaryl/α,β-unsaturated/α-hetero) is 1. The third kappa shape index (κ3) is 5.67. The third-order valence-electron chi connectivity index (χ3n) is 5.22. The Morgan fingerprint density at radius 3 is 2.69 bits per heavy atom. The highest BCUT2D eigenvalue weighted by atomic mass is 32.2. The molecule has 1 unspecified atom stereocenters. The summed E-state index contributed by atoms with van der Waals surface area (Å²) in [6, 6.07) is 6.73. The van der Waals surface area contributed by atoms with E-state index in [0.29, 0.717) is 5.22 Å². The van der Waals surface area contributed by atoms with Crippen molar-refractivity contribution in [2.24, 2.45) is 5.92 Å². The molecular formula is C21H28N4O3S. The standard InChI is InChI=1S/C21H28N4O3S/c1-14-8-6-7-11-16(14)17(23-19(27)15-9-4-3-5-10-15)18(26)20-24-25-21(28-20)29-13-12-22-2/h6-8,11,15,17,22H,3-5,9-10,12-13H2,1-2H3,(H,23,27). The van der Waals surface area contributed by atoms with Gasteiger partial charge in [0.1, 0.15) is 6.04 Å². The van der Waals surface area contributed by atoms with E-state index in [4.69, 9.17) is 4.42 Å². The number of nitrogens with one attached hydrogen (secondary N) is 2. The van der Waals surface area contributed by atoms with Crippen molar-refractivity contribution in [3.8, 4) is 0 Å². The minimum Gasteiger partial charge on any atom is -0.408 e. The molecule has 1 amide bonds. The summed E-state index contributed by atoms with van der Waals surface area (Å²) in [5, 5.41) is 14.3. The van der Waals surface area contributed by atoms with E-state index in [1.807, 2.05) is 38.2 Å². The van der Waals surface area contributed by atoms with E-state index in [-0.39, 0.29) is 23.5 Å². The predicted molar refractivity (Wildman–Crippen MR) is 112 cm³/mol. The number of ketones is 1. The van der Waals surface area contributed by atoms with Gasteiger partial charge in [0.25, 0.3) is 11.1 Å². The lowest BCUT2D eigenvalue weighted by Gasteiger charge is -2.24. The average Bonchev–Trinajstić information content (AvgIpc) is 3.22. The number of rotatable bonds is 9. The van der Waals surface area contributed by atoms with Crippen molar-refractivity contribution in [2.45, 2.75) is 50.3 Å². The monoisotopic (exact) mass is 416 g/mol. The van der Waals surface area contributed by atoms with Crippen molar-refractivity contribution in [3.63, 3.8) is 0 Å². The van der Waals surface area contributed by atoms with Gasteiger partial charge in [0.05, 0.1) is 0 Å². The van der Waals surface area contributed by atoms with Gasteiger partial charge in [-0.1, -0.05) is 55.3 Å². The molecule has 156 valence electrons. The average molecular weight is 417 g/mol. The van der Waals surface area contributed by atoms with Crippen molar-refractivity contribution >= 4 is 23.5 Å². The van der Waals surface area contributed by atoms with Crippen LogP contribution in [0.2, 0.25) is 0 Å². The molecule has 29 heavy (non-hydrogen) atoms. The Bertz CT molecular complexity index is 833. The van der Waals surface area contributed by atoms with Gasteiger partial charge in [0.15, 0.2) is 0 Å². The normalized spacial score (nSPS) is 15.8. The van der Waals surface area contributed by atoms with Crippen LogP contribution in [0.25, 0.3) is 0 Å². The Labute approximate surface area is 175 Å². The fourth-order valence-electron chi connectivity index (χ4n) is 3.55. The first-order valence-corrected chi connectivity index (χ1v) is 11.1. The van der Waals surface area contributed by atoms with Crippen LogP contribution >= 0.6 is 11.8 Å². The lowest BCUT2D eigenvalue weighted by molar-refractivity contribution is -0.126. The van der Waals surface area contributed by atoms with Gasteiger partial charge in [-0.3, -0.25) is 9.59 Å². The molecule has 2 aromatic rings. The van der Waals surface area contributed by atoms with Crippen LogP contribution in [0.15, 0.2) is 33.9 Å².